The Balaban J connectivity index is 2.90. The number of carbonyl (C=O) groups excluding carboxylic acids is 1. The lowest BCUT2D eigenvalue weighted by molar-refractivity contribution is -0.136. The summed E-state index contributed by atoms with van der Waals surface area (Å²) in [6.07, 6.45) is 1.35. The second kappa shape index (κ2) is 4.36. The molecular weight excluding hydrogens is 184 g/mol. The number of aliphatic carboxylic acids is 1. The number of aromatic nitrogens is 1. The third kappa shape index (κ3) is 2.85. The molecule has 0 bridgehead atoms. The minimum Gasteiger partial charge on any atom is -0.481 e. The third-order valence-corrected chi connectivity index (χ3v) is 1.53. The molecule has 0 unspecified atom stereocenters. The summed E-state index contributed by atoms with van der Waals surface area (Å²) in [7, 11) is 0. The number of hydrogen-bond acceptors (Lipinski definition) is 3. The number of carbonyl (C=O) groups is 2. The molecule has 74 valence electrons. The van der Waals surface area contributed by atoms with Crippen LogP contribution in [0.5, 0.6) is 0 Å². The van der Waals surface area contributed by atoms with Crippen LogP contribution >= 0.6 is 0 Å². The first-order chi connectivity index (χ1) is 6.59. The number of rotatable bonds is 3. The first-order valence-electron chi connectivity index (χ1n) is 4.03. The normalized spacial score (nSPS) is 9.50. The first-order valence-corrected chi connectivity index (χ1v) is 4.03. The van der Waals surface area contributed by atoms with E-state index >= 15 is 0 Å². The topological polar surface area (TPSA) is 79.3 Å². The Morgan fingerprint density at radius 3 is 2.86 bits per heavy atom. The molecule has 1 aromatic rings. The molecule has 0 aromatic carbocycles. The summed E-state index contributed by atoms with van der Waals surface area (Å²) in [5.41, 5.74) is 0.496. The molecule has 0 radical (unpaired) electrons. The molecule has 0 atom stereocenters. The van der Waals surface area contributed by atoms with E-state index < -0.39 is 5.97 Å². The Morgan fingerprint density at radius 1 is 1.57 bits per heavy atom. The number of nitrogens with zero attached hydrogens (tertiary/aromatic N) is 1. The molecule has 14 heavy (non-hydrogen) atoms. The van der Waals surface area contributed by atoms with E-state index in [0.717, 1.165) is 0 Å². The van der Waals surface area contributed by atoms with Crippen LogP contribution in [0.25, 0.3) is 0 Å². The van der Waals surface area contributed by atoms with E-state index in [2.05, 4.69) is 10.3 Å². The maximum Gasteiger partial charge on any atom is 0.307 e. The lowest BCUT2D eigenvalue weighted by Gasteiger charge is -2.05. The van der Waals surface area contributed by atoms with Crippen LogP contribution in [0.1, 0.15) is 12.5 Å². The Bertz CT molecular complexity index is 328. The standard InChI is InChI=1S/C9H10N2O3/c1-6(12)11-9-7(5-8(13)14)3-2-4-10-9/h2-4H,5H2,1H3,(H,13,14)(H,10,11,12). The maximum absolute atomic E-state index is 10.8. The summed E-state index contributed by atoms with van der Waals surface area (Å²) in [6.45, 7) is 1.35. The summed E-state index contributed by atoms with van der Waals surface area (Å²) in [5, 5.41) is 11.1. The van der Waals surface area contributed by atoms with E-state index in [-0.39, 0.29) is 12.3 Å². The van der Waals surface area contributed by atoms with Crippen molar-refractivity contribution in [1.29, 1.82) is 0 Å². The number of carboxylic acids is 1. The van der Waals surface area contributed by atoms with Gasteiger partial charge in [-0.2, -0.15) is 0 Å². The summed E-state index contributed by atoms with van der Waals surface area (Å²) in [6, 6.07) is 3.25. The molecule has 5 nitrogen and oxygen atoms in total. The fourth-order valence-corrected chi connectivity index (χ4v) is 1.02. The van der Waals surface area contributed by atoms with Gasteiger partial charge in [-0.05, 0) is 6.07 Å². The van der Waals surface area contributed by atoms with Crippen LogP contribution in [0, 0.1) is 0 Å². The van der Waals surface area contributed by atoms with Crippen molar-refractivity contribution in [2.75, 3.05) is 5.32 Å². The van der Waals surface area contributed by atoms with Crippen LogP contribution < -0.4 is 5.32 Å². The predicted octanol–water partition coefficient (Wildman–Crippen LogP) is 0.667. The third-order valence-electron chi connectivity index (χ3n) is 1.53. The van der Waals surface area contributed by atoms with Crippen molar-refractivity contribution < 1.29 is 14.7 Å². The Kier molecular flexibility index (Phi) is 3.17. The average Bonchev–Trinajstić information content (AvgIpc) is 2.06. The van der Waals surface area contributed by atoms with Crippen LogP contribution in [0.3, 0.4) is 0 Å². The highest BCUT2D eigenvalue weighted by molar-refractivity contribution is 5.89. The molecular formula is C9H10N2O3. The average molecular weight is 194 g/mol. The van der Waals surface area contributed by atoms with Crippen molar-refractivity contribution in [2.45, 2.75) is 13.3 Å². The monoisotopic (exact) mass is 194 g/mol. The lowest BCUT2D eigenvalue weighted by atomic mass is 10.2. The SMILES string of the molecule is CC(=O)Nc1ncccc1CC(=O)O. The second-order valence-electron chi connectivity index (χ2n) is 2.76. The number of pyridine rings is 1. The smallest absolute Gasteiger partial charge is 0.307 e. The van der Waals surface area contributed by atoms with Crippen molar-refractivity contribution in [3.05, 3.63) is 23.9 Å². The number of carboxylic acid groups (broad SMARTS) is 1. The fourth-order valence-electron chi connectivity index (χ4n) is 1.02. The number of amides is 1. The van der Waals surface area contributed by atoms with Gasteiger partial charge in [0.05, 0.1) is 6.42 Å². The highest BCUT2D eigenvalue weighted by Crippen LogP contribution is 2.11. The zero-order valence-corrected chi connectivity index (χ0v) is 7.65. The van der Waals surface area contributed by atoms with E-state index in [9.17, 15) is 9.59 Å². The van der Waals surface area contributed by atoms with E-state index in [1.807, 2.05) is 0 Å². The molecule has 0 aliphatic heterocycles. The van der Waals surface area contributed by atoms with Gasteiger partial charge in [0.25, 0.3) is 0 Å². The first kappa shape index (κ1) is 10.2. The van der Waals surface area contributed by atoms with Crippen molar-refractivity contribution in [3.63, 3.8) is 0 Å². The summed E-state index contributed by atoms with van der Waals surface area (Å²) in [4.78, 5) is 25.1. The molecule has 0 saturated heterocycles. The van der Waals surface area contributed by atoms with Crippen LogP contribution in [0.15, 0.2) is 18.3 Å². The highest BCUT2D eigenvalue weighted by Gasteiger charge is 2.07. The van der Waals surface area contributed by atoms with Gasteiger partial charge < -0.3 is 10.4 Å². The van der Waals surface area contributed by atoms with Gasteiger partial charge in [-0.25, -0.2) is 4.98 Å². The van der Waals surface area contributed by atoms with Gasteiger partial charge in [0.2, 0.25) is 5.91 Å². The molecule has 5 heteroatoms. The van der Waals surface area contributed by atoms with Gasteiger partial charge in [0.15, 0.2) is 0 Å². The highest BCUT2D eigenvalue weighted by atomic mass is 16.4. The maximum atomic E-state index is 10.8. The Morgan fingerprint density at radius 2 is 2.29 bits per heavy atom. The van der Waals surface area contributed by atoms with Gasteiger partial charge in [0, 0.05) is 18.7 Å². The zero-order chi connectivity index (χ0) is 10.6. The van der Waals surface area contributed by atoms with Gasteiger partial charge >= 0.3 is 5.97 Å². The molecule has 0 saturated carbocycles. The van der Waals surface area contributed by atoms with Crippen LogP contribution in [-0.4, -0.2) is 22.0 Å². The summed E-state index contributed by atoms with van der Waals surface area (Å²) in [5.74, 6) is -0.914. The van der Waals surface area contributed by atoms with Crippen molar-refractivity contribution in [3.8, 4) is 0 Å². The molecule has 0 fully saturated rings. The molecule has 1 rings (SSSR count). The minimum absolute atomic E-state index is 0.149. The van der Waals surface area contributed by atoms with Gasteiger partial charge in [-0.15, -0.1) is 0 Å². The molecule has 0 aliphatic carbocycles. The Labute approximate surface area is 80.8 Å². The summed E-state index contributed by atoms with van der Waals surface area (Å²) >= 11 is 0. The van der Waals surface area contributed by atoms with Crippen molar-refractivity contribution >= 4 is 17.7 Å². The largest absolute Gasteiger partial charge is 0.481 e. The van der Waals surface area contributed by atoms with Crippen molar-refractivity contribution in [2.24, 2.45) is 0 Å². The number of nitrogens with one attached hydrogen (secondary N) is 1. The molecule has 1 heterocycles. The van der Waals surface area contributed by atoms with E-state index in [4.69, 9.17) is 5.11 Å². The number of hydrogen-bond donors (Lipinski definition) is 2. The van der Waals surface area contributed by atoms with Crippen LogP contribution in [-0.2, 0) is 16.0 Å². The van der Waals surface area contributed by atoms with E-state index in [1.165, 1.54) is 13.1 Å². The zero-order valence-electron chi connectivity index (χ0n) is 7.65. The van der Waals surface area contributed by atoms with E-state index in [1.54, 1.807) is 12.1 Å². The number of anilines is 1. The van der Waals surface area contributed by atoms with Gasteiger partial charge in [0.1, 0.15) is 5.82 Å². The molecule has 0 spiro atoms. The van der Waals surface area contributed by atoms with Gasteiger partial charge in [-0.3, -0.25) is 9.59 Å². The fraction of sp³-hybridized carbons (Fsp3) is 0.222. The second-order valence-corrected chi connectivity index (χ2v) is 2.76. The van der Waals surface area contributed by atoms with Gasteiger partial charge in [-0.1, -0.05) is 6.07 Å². The molecule has 1 amide bonds. The Hall–Kier alpha value is -1.91. The molecule has 1 aromatic heterocycles. The van der Waals surface area contributed by atoms with Crippen LogP contribution in [0.4, 0.5) is 5.82 Å². The minimum atomic E-state index is -0.954. The lowest BCUT2D eigenvalue weighted by Crippen LogP contribution is -2.11. The van der Waals surface area contributed by atoms with Crippen LogP contribution in [0.2, 0.25) is 0 Å². The molecule has 2 N–H and O–H groups in total. The summed E-state index contributed by atoms with van der Waals surface area (Å²) < 4.78 is 0. The molecule has 0 aliphatic rings. The quantitative estimate of drug-likeness (QED) is 0.741. The predicted molar refractivity (Wildman–Crippen MR) is 49.9 cm³/mol. The van der Waals surface area contributed by atoms with E-state index in [0.29, 0.717) is 11.4 Å². The van der Waals surface area contributed by atoms with Crippen molar-refractivity contribution in [1.82, 2.24) is 4.98 Å².